The van der Waals surface area contributed by atoms with Crippen LogP contribution in [0.4, 0.5) is 15.3 Å². The molecule has 1 atom stereocenters. The van der Waals surface area contributed by atoms with Crippen LogP contribution in [0.25, 0.3) is 10.9 Å². The number of amides is 2. The van der Waals surface area contributed by atoms with E-state index >= 15 is 0 Å². The molecular formula is C14H11FN6O2S. The van der Waals surface area contributed by atoms with Gasteiger partial charge in [0.2, 0.25) is 16.9 Å². The van der Waals surface area contributed by atoms with E-state index in [0.29, 0.717) is 10.6 Å². The van der Waals surface area contributed by atoms with E-state index in [-0.39, 0.29) is 36.0 Å². The first-order valence-corrected chi connectivity index (χ1v) is 8.01. The summed E-state index contributed by atoms with van der Waals surface area (Å²) in [6.45, 7) is 0.137. The van der Waals surface area contributed by atoms with E-state index in [1.165, 1.54) is 27.8 Å². The molecule has 0 aliphatic carbocycles. The Morgan fingerprint density at radius 2 is 2.33 bits per heavy atom. The molecule has 3 aromatic rings. The van der Waals surface area contributed by atoms with Crippen LogP contribution in [0.15, 0.2) is 23.7 Å². The number of fused-ring (bicyclic) bond motifs is 1. The molecule has 10 heteroatoms. The van der Waals surface area contributed by atoms with Crippen LogP contribution in [0.2, 0.25) is 0 Å². The standard InChI is InChI=1S/C14H11FN6O2S/c15-8-2-1-3-9-11(8)12(19-18-9)21-5-7(4-10(21)22)13(23)17-14-20-16-6-24-14/h1-3,6-7H,4-5H2,(H,18,19)(H,17,20,23). The lowest BCUT2D eigenvalue weighted by atomic mass is 10.1. The number of nitrogens with zero attached hydrogens (tertiary/aromatic N) is 4. The molecule has 122 valence electrons. The van der Waals surface area contributed by atoms with E-state index in [9.17, 15) is 14.0 Å². The Labute approximate surface area is 138 Å². The number of aromatic nitrogens is 4. The monoisotopic (exact) mass is 346 g/mol. The van der Waals surface area contributed by atoms with E-state index in [2.05, 4.69) is 25.7 Å². The summed E-state index contributed by atoms with van der Waals surface area (Å²) in [6.07, 6.45) is 0.0352. The molecule has 24 heavy (non-hydrogen) atoms. The smallest absolute Gasteiger partial charge is 0.231 e. The highest BCUT2D eigenvalue weighted by atomic mass is 32.1. The second-order valence-electron chi connectivity index (χ2n) is 5.35. The SMILES string of the molecule is O=C(Nc1nncs1)C1CC(=O)N(c2n[nH]c3cccc(F)c23)C1. The quantitative estimate of drug-likeness (QED) is 0.749. The van der Waals surface area contributed by atoms with Crippen molar-refractivity contribution in [1.29, 1.82) is 0 Å². The second kappa shape index (κ2) is 5.64. The maximum Gasteiger partial charge on any atom is 0.231 e. The summed E-state index contributed by atoms with van der Waals surface area (Å²) in [7, 11) is 0. The van der Waals surface area contributed by atoms with Crippen molar-refractivity contribution < 1.29 is 14.0 Å². The van der Waals surface area contributed by atoms with Crippen molar-refractivity contribution in [3.05, 3.63) is 29.5 Å². The van der Waals surface area contributed by atoms with Gasteiger partial charge in [-0.2, -0.15) is 5.10 Å². The van der Waals surface area contributed by atoms with Crippen LogP contribution in [-0.2, 0) is 9.59 Å². The van der Waals surface area contributed by atoms with Crippen molar-refractivity contribution in [2.45, 2.75) is 6.42 Å². The van der Waals surface area contributed by atoms with Crippen molar-refractivity contribution in [2.24, 2.45) is 5.92 Å². The Bertz CT molecular complexity index is 925. The van der Waals surface area contributed by atoms with Gasteiger partial charge in [-0.25, -0.2) is 4.39 Å². The van der Waals surface area contributed by atoms with Gasteiger partial charge in [-0.3, -0.25) is 19.6 Å². The van der Waals surface area contributed by atoms with Crippen LogP contribution >= 0.6 is 11.3 Å². The number of carbonyl (C=O) groups excluding carboxylic acids is 2. The summed E-state index contributed by atoms with van der Waals surface area (Å²) in [5.41, 5.74) is 2.00. The zero-order valence-corrected chi connectivity index (χ0v) is 13.0. The molecule has 3 heterocycles. The minimum Gasteiger partial charge on any atom is -0.300 e. The molecule has 0 spiro atoms. The Morgan fingerprint density at radius 1 is 1.46 bits per heavy atom. The normalized spacial score (nSPS) is 17.6. The first kappa shape index (κ1) is 14.7. The van der Waals surface area contributed by atoms with E-state index in [1.54, 1.807) is 12.1 Å². The molecule has 1 unspecified atom stereocenters. The zero-order chi connectivity index (χ0) is 16.7. The number of nitrogens with one attached hydrogen (secondary N) is 2. The van der Waals surface area contributed by atoms with E-state index in [0.717, 1.165) is 0 Å². The number of hydrogen-bond donors (Lipinski definition) is 2. The molecule has 1 aliphatic rings. The average molecular weight is 346 g/mol. The number of carbonyl (C=O) groups is 2. The third-order valence-electron chi connectivity index (χ3n) is 3.86. The number of rotatable bonds is 3. The number of anilines is 2. The number of benzene rings is 1. The second-order valence-corrected chi connectivity index (χ2v) is 6.18. The summed E-state index contributed by atoms with van der Waals surface area (Å²) in [5, 5.41) is 17.4. The summed E-state index contributed by atoms with van der Waals surface area (Å²) in [4.78, 5) is 25.9. The van der Waals surface area contributed by atoms with Crippen LogP contribution < -0.4 is 10.2 Å². The first-order chi connectivity index (χ1) is 11.6. The summed E-state index contributed by atoms with van der Waals surface area (Å²) >= 11 is 1.19. The maximum atomic E-state index is 14.1. The summed E-state index contributed by atoms with van der Waals surface area (Å²) in [6, 6.07) is 4.54. The highest BCUT2D eigenvalue weighted by molar-refractivity contribution is 7.13. The van der Waals surface area contributed by atoms with Gasteiger partial charge in [-0.15, -0.1) is 10.2 Å². The molecule has 1 aromatic carbocycles. The van der Waals surface area contributed by atoms with E-state index < -0.39 is 11.7 Å². The van der Waals surface area contributed by atoms with Gasteiger partial charge >= 0.3 is 0 Å². The highest BCUT2D eigenvalue weighted by Crippen LogP contribution is 2.31. The molecule has 2 aromatic heterocycles. The first-order valence-electron chi connectivity index (χ1n) is 7.13. The number of aromatic amines is 1. The van der Waals surface area contributed by atoms with Gasteiger partial charge in [0.25, 0.3) is 0 Å². The Hall–Kier alpha value is -2.88. The minimum atomic E-state index is -0.556. The lowest BCUT2D eigenvalue weighted by Gasteiger charge is -2.14. The lowest BCUT2D eigenvalue weighted by molar-refractivity contribution is -0.122. The zero-order valence-electron chi connectivity index (χ0n) is 12.2. The number of hydrogen-bond acceptors (Lipinski definition) is 6. The van der Waals surface area contributed by atoms with Crippen LogP contribution in [-0.4, -0.2) is 38.8 Å². The van der Waals surface area contributed by atoms with Gasteiger partial charge in [0.15, 0.2) is 5.82 Å². The van der Waals surface area contributed by atoms with Crippen LogP contribution in [0.1, 0.15) is 6.42 Å². The van der Waals surface area contributed by atoms with E-state index in [4.69, 9.17) is 0 Å². The maximum absolute atomic E-state index is 14.1. The van der Waals surface area contributed by atoms with Crippen molar-refractivity contribution >= 4 is 45.0 Å². The van der Waals surface area contributed by atoms with Gasteiger partial charge in [0, 0.05) is 13.0 Å². The molecule has 0 bridgehead atoms. The molecule has 2 amide bonds. The summed E-state index contributed by atoms with van der Waals surface area (Å²) < 4.78 is 14.1. The highest BCUT2D eigenvalue weighted by Gasteiger charge is 2.37. The minimum absolute atomic E-state index is 0.0352. The van der Waals surface area contributed by atoms with Gasteiger partial charge in [-0.05, 0) is 12.1 Å². The predicted molar refractivity (Wildman–Crippen MR) is 85.1 cm³/mol. The van der Waals surface area contributed by atoms with Gasteiger partial charge < -0.3 is 5.32 Å². The van der Waals surface area contributed by atoms with Crippen molar-refractivity contribution in [1.82, 2.24) is 20.4 Å². The predicted octanol–water partition coefficient (Wildman–Crippen LogP) is 1.55. The molecule has 2 N–H and O–H groups in total. The van der Waals surface area contributed by atoms with Gasteiger partial charge in [-0.1, -0.05) is 17.4 Å². The van der Waals surface area contributed by atoms with Crippen molar-refractivity contribution in [3.8, 4) is 0 Å². The summed E-state index contributed by atoms with van der Waals surface area (Å²) in [5.74, 6) is -1.41. The molecule has 1 aliphatic heterocycles. The fraction of sp³-hybridized carbons (Fsp3) is 0.214. The molecule has 0 saturated carbocycles. The largest absolute Gasteiger partial charge is 0.300 e. The Kier molecular flexibility index (Phi) is 3.45. The Morgan fingerprint density at radius 3 is 3.12 bits per heavy atom. The third kappa shape index (κ3) is 2.40. The topological polar surface area (TPSA) is 104 Å². The number of H-pyrrole nitrogens is 1. The molecular weight excluding hydrogens is 335 g/mol. The van der Waals surface area contributed by atoms with Crippen LogP contribution in [0.5, 0.6) is 0 Å². The van der Waals surface area contributed by atoms with Gasteiger partial charge in [0.05, 0.1) is 16.8 Å². The van der Waals surface area contributed by atoms with Crippen LogP contribution in [0.3, 0.4) is 0 Å². The Balaban J connectivity index is 1.58. The van der Waals surface area contributed by atoms with Gasteiger partial charge in [0.1, 0.15) is 11.3 Å². The molecule has 4 rings (SSSR count). The fourth-order valence-electron chi connectivity index (χ4n) is 2.73. The lowest BCUT2D eigenvalue weighted by Crippen LogP contribution is -2.28. The van der Waals surface area contributed by atoms with E-state index in [1.807, 2.05) is 0 Å². The van der Waals surface area contributed by atoms with Crippen molar-refractivity contribution in [3.63, 3.8) is 0 Å². The third-order valence-corrected chi connectivity index (χ3v) is 4.47. The molecule has 1 saturated heterocycles. The molecule has 8 nitrogen and oxygen atoms in total. The fourth-order valence-corrected chi connectivity index (χ4v) is 3.18. The molecule has 1 fully saturated rings. The van der Waals surface area contributed by atoms with Crippen LogP contribution in [0, 0.1) is 11.7 Å². The van der Waals surface area contributed by atoms with Crippen molar-refractivity contribution in [2.75, 3.05) is 16.8 Å². The average Bonchev–Trinajstić information content (AvgIpc) is 3.27. The molecule has 0 radical (unpaired) electrons. The number of halogens is 1.